The average molecular weight is 329 g/mol. The molecule has 0 unspecified atom stereocenters. The highest BCUT2D eigenvalue weighted by molar-refractivity contribution is 5.38. The number of anilines is 1. The summed E-state index contributed by atoms with van der Waals surface area (Å²) in [7, 11) is 4.13. The standard InChI is InChI=1S/C17H27N7/c1-5-24-16(12-22(3)4)20-21-17(24)14-8-10-23(11-9-14)15-7-6-13(2)18-19-15/h6-7,14H,5,8-12H2,1-4H3. The number of piperidine rings is 1. The fraction of sp³-hybridized carbons (Fsp3) is 0.647. The van der Waals surface area contributed by atoms with Crippen LogP contribution in [0.5, 0.6) is 0 Å². The van der Waals surface area contributed by atoms with Gasteiger partial charge in [0.05, 0.1) is 12.2 Å². The molecule has 7 heteroatoms. The fourth-order valence-electron chi connectivity index (χ4n) is 3.32. The first-order valence-electron chi connectivity index (χ1n) is 8.70. The van der Waals surface area contributed by atoms with Gasteiger partial charge in [-0.25, -0.2) is 0 Å². The van der Waals surface area contributed by atoms with Crippen LogP contribution in [-0.2, 0) is 13.1 Å². The van der Waals surface area contributed by atoms with Gasteiger partial charge in [0.1, 0.15) is 11.6 Å². The molecule has 0 aliphatic carbocycles. The van der Waals surface area contributed by atoms with Crippen LogP contribution in [0.1, 0.15) is 43.0 Å². The van der Waals surface area contributed by atoms with Gasteiger partial charge in [-0.15, -0.1) is 15.3 Å². The Kier molecular flexibility index (Phi) is 5.08. The molecule has 2 aromatic rings. The minimum absolute atomic E-state index is 0.475. The van der Waals surface area contributed by atoms with E-state index in [0.717, 1.165) is 62.2 Å². The lowest BCUT2D eigenvalue weighted by Gasteiger charge is -2.32. The molecule has 0 saturated carbocycles. The Morgan fingerprint density at radius 2 is 1.83 bits per heavy atom. The zero-order valence-electron chi connectivity index (χ0n) is 15.1. The van der Waals surface area contributed by atoms with Crippen molar-refractivity contribution in [3.8, 4) is 0 Å². The molecule has 1 saturated heterocycles. The summed E-state index contributed by atoms with van der Waals surface area (Å²) in [4.78, 5) is 4.45. The van der Waals surface area contributed by atoms with Gasteiger partial charge in [0.25, 0.3) is 0 Å². The number of hydrogen-bond donors (Lipinski definition) is 0. The van der Waals surface area contributed by atoms with E-state index in [-0.39, 0.29) is 0 Å². The van der Waals surface area contributed by atoms with E-state index in [1.807, 2.05) is 13.0 Å². The highest BCUT2D eigenvalue weighted by atomic mass is 15.3. The minimum atomic E-state index is 0.475. The fourth-order valence-corrected chi connectivity index (χ4v) is 3.32. The Morgan fingerprint density at radius 3 is 2.42 bits per heavy atom. The first kappa shape index (κ1) is 16.8. The van der Waals surface area contributed by atoms with Crippen molar-refractivity contribution in [2.24, 2.45) is 0 Å². The van der Waals surface area contributed by atoms with Crippen LogP contribution < -0.4 is 4.90 Å². The average Bonchev–Trinajstić information content (AvgIpc) is 2.97. The predicted molar refractivity (Wildman–Crippen MR) is 94.0 cm³/mol. The van der Waals surface area contributed by atoms with Gasteiger partial charge in [0, 0.05) is 25.6 Å². The van der Waals surface area contributed by atoms with Crippen molar-refractivity contribution in [1.82, 2.24) is 29.9 Å². The third-order valence-corrected chi connectivity index (χ3v) is 4.60. The largest absolute Gasteiger partial charge is 0.355 e. The lowest BCUT2D eigenvalue weighted by atomic mass is 9.96. The Morgan fingerprint density at radius 1 is 1.08 bits per heavy atom. The molecule has 3 rings (SSSR count). The lowest BCUT2D eigenvalue weighted by Crippen LogP contribution is -2.34. The molecular weight excluding hydrogens is 302 g/mol. The van der Waals surface area contributed by atoms with Crippen molar-refractivity contribution in [3.05, 3.63) is 29.5 Å². The molecule has 3 heterocycles. The molecule has 0 bridgehead atoms. The number of aromatic nitrogens is 5. The summed E-state index contributed by atoms with van der Waals surface area (Å²) in [5.74, 6) is 3.65. The highest BCUT2D eigenvalue weighted by Crippen LogP contribution is 2.29. The molecule has 0 radical (unpaired) electrons. The summed E-state index contributed by atoms with van der Waals surface area (Å²) in [6.45, 7) is 7.87. The first-order valence-corrected chi connectivity index (χ1v) is 8.70. The van der Waals surface area contributed by atoms with Crippen molar-refractivity contribution < 1.29 is 0 Å². The van der Waals surface area contributed by atoms with Crippen molar-refractivity contribution in [2.45, 2.75) is 45.7 Å². The van der Waals surface area contributed by atoms with Crippen LogP contribution >= 0.6 is 0 Å². The van der Waals surface area contributed by atoms with Gasteiger partial charge < -0.3 is 14.4 Å². The SMILES string of the molecule is CCn1c(CN(C)C)nnc1C1CCN(c2ccc(C)nn2)CC1. The maximum Gasteiger partial charge on any atom is 0.151 e. The summed E-state index contributed by atoms with van der Waals surface area (Å²) in [5, 5.41) is 17.4. The molecule has 1 aliphatic heterocycles. The van der Waals surface area contributed by atoms with Crippen molar-refractivity contribution in [1.29, 1.82) is 0 Å². The van der Waals surface area contributed by atoms with Crippen LogP contribution in [0.4, 0.5) is 5.82 Å². The van der Waals surface area contributed by atoms with E-state index >= 15 is 0 Å². The molecular formula is C17H27N7. The zero-order chi connectivity index (χ0) is 17.1. The Balaban J connectivity index is 1.68. The van der Waals surface area contributed by atoms with Gasteiger partial charge in [0.2, 0.25) is 0 Å². The van der Waals surface area contributed by atoms with E-state index < -0.39 is 0 Å². The van der Waals surface area contributed by atoms with E-state index in [2.05, 4.69) is 61.8 Å². The summed E-state index contributed by atoms with van der Waals surface area (Å²) >= 11 is 0. The van der Waals surface area contributed by atoms with E-state index in [0.29, 0.717) is 5.92 Å². The molecule has 1 fully saturated rings. The van der Waals surface area contributed by atoms with Crippen LogP contribution in [0.2, 0.25) is 0 Å². The molecule has 0 spiro atoms. The van der Waals surface area contributed by atoms with E-state index in [1.165, 1.54) is 0 Å². The number of hydrogen-bond acceptors (Lipinski definition) is 6. The second-order valence-corrected chi connectivity index (χ2v) is 6.75. The molecule has 2 aromatic heterocycles. The molecule has 0 atom stereocenters. The monoisotopic (exact) mass is 329 g/mol. The van der Waals surface area contributed by atoms with Crippen LogP contribution in [0, 0.1) is 6.92 Å². The maximum absolute atomic E-state index is 4.51. The quantitative estimate of drug-likeness (QED) is 0.834. The van der Waals surface area contributed by atoms with Gasteiger partial charge in [-0.05, 0) is 52.9 Å². The van der Waals surface area contributed by atoms with Crippen LogP contribution in [-0.4, -0.2) is 57.0 Å². The Labute approximate surface area is 143 Å². The van der Waals surface area contributed by atoms with E-state index in [9.17, 15) is 0 Å². The van der Waals surface area contributed by atoms with Crippen LogP contribution in [0.25, 0.3) is 0 Å². The third-order valence-electron chi connectivity index (χ3n) is 4.60. The number of nitrogens with zero attached hydrogens (tertiary/aromatic N) is 7. The molecule has 0 amide bonds. The molecule has 7 nitrogen and oxygen atoms in total. The zero-order valence-corrected chi connectivity index (χ0v) is 15.1. The van der Waals surface area contributed by atoms with Gasteiger partial charge in [0.15, 0.2) is 5.82 Å². The Bertz CT molecular complexity index is 654. The molecule has 24 heavy (non-hydrogen) atoms. The second kappa shape index (κ2) is 7.25. The van der Waals surface area contributed by atoms with Crippen LogP contribution in [0.15, 0.2) is 12.1 Å². The highest BCUT2D eigenvalue weighted by Gasteiger charge is 2.26. The third kappa shape index (κ3) is 3.56. The van der Waals surface area contributed by atoms with Gasteiger partial charge >= 0.3 is 0 Å². The van der Waals surface area contributed by atoms with Crippen molar-refractivity contribution >= 4 is 5.82 Å². The first-order chi connectivity index (χ1) is 11.6. The van der Waals surface area contributed by atoms with Crippen molar-refractivity contribution in [2.75, 3.05) is 32.1 Å². The summed E-state index contributed by atoms with van der Waals surface area (Å²) < 4.78 is 2.28. The van der Waals surface area contributed by atoms with Gasteiger partial charge in [-0.1, -0.05) is 0 Å². The molecule has 130 valence electrons. The summed E-state index contributed by atoms with van der Waals surface area (Å²) in [5.41, 5.74) is 0.957. The number of rotatable bonds is 5. The van der Waals surface area contributed by atoms with Crippen molar-refractivity contribution in [3.63, 3.8) is 0 Å². The summed E-state index contributed by atoms with van der Waals surface area (Å²) in [6, 6.07) is 4.09. The topological polar surface area (TPSA) is 63.0 Å². The van der Waals surface area contributed by atoms with E-state index in [4.69, 9.17) is 0 Å². The summed E-state index contributed by atoms with van der Waals surface area (Å²) in [6.07, 6.45) is 2.16. The van der Waals surface area contributed by atoms with E-state index in [1.54, 1.807) is 0 Å². The number of aryl methyl sites for hydroxylation is 1. The normalized spacial score (nSPS) is 16.1. The van der Waals surface area contributed by atoms with Crippen LogP contribution in [0.3, 0.4) is 0 Å². The van der Waals surface area contributed by atoms with Gasteiger partial charge in [-0.3, -0.25) is 0 Å². The molecule has 0 N–H and O–H groups in total. The molecule has 0 aromatic carbocycles. The smallest absolute Gasteiger partial charge is 0.151 e. The van der Waals surface area contributed by atoms with Gasteiger partial charge in [-0.2, -0.15) is 5.10 Å². The minimum Gasteiger partial charge on any atom is -0.355 e. The molecule has 1 aliphatic rings. The predicted octanol–water partition coefficient (Wildman–Crippen LogP) is 1.84. The second-order valence-electron chi connectivity index (χ2n) is 6.75. The Hall–Kier alpha value is -2.02. The maximum atomic E-state index is 4.51. The lowest BCUT2D eigenvalue weighted by molar-refractivity contribution is 0.377.